The SMILES string of the molecule is Cc1nc(S(=O)(=O)NC(CCCc2ccccc2)c2ccccc2)cn1C. The van der Waals surface area contributed by atoms with Crippen LogP contribution in [-0.2, 0) is 23.5 Å². The number of nitrogens with zero attached hydrogens (tertiary/aromatic N) is 2. The first-order valence-corrected chi connectivity index (χ1v) is 10.6. The number of aromatic nitrogens is 2. The van der Waals surface area contributed by atoms with E-state index in [1.807, 2.05) is 48.5 Å². The van der Waals surface area contributed by atoms with E-state index in [4.69, 9.17) is 0 Å². The molecule has 3 rings (SSSR count). The summed E-state index contributed by atoms with van der Waals surface area (Å²) in [5.74, 6) is 0.663. The highest BCUT2D eigenvalue weighted by Gasteiger charge is 2.24. The van der Waals surface area contributed by atoms with E-state index in [-0.39, 0.29) is 11.1 Å². The molecule has 0 fully saturated rings. The minimum atomic E-state index is -3.69. The van der Waals surface area contributed by atoms with Crippen molar-refractivity contribution >= 4 is 10.0 Å². The van der Waals surface area contributed by atoms with Crippen LogP contribution in [0.15, 0.2) is 71.9 Å². The van der Waals surface area contributed by atoms with Crippen molar-refractivity contribution in [2.24, 2.45) is 7.05 Å². The summed E-state index contributed by atoms with van der Waals surface area (Å²) >= 11 is 0. The third kappa shape index (κ3) is 5.05. The fourth-order valence-electron chi connectivity index (χ4n) is 3.04. The standard InChI is InChI=1S/C21H25N3O2S/c1-17-22-21(16-24(17)2)27(25,26)23-20(19-13-7-4-8-14-19)15-9-12-18-10-5-3-6-11-18/h3-8,10-11,13-14,16,20,23H,9,12,15H2,1-2H3. The largest absolute Gasteiger partial charge is 0.337 e. The third-order valence-electron chi connectivity index (χ3n) is 4.66. The summed E-state index contributed by atoms with van der Waals surface area (Å²) in [6.45, 7) is 1.79. The van der Waals surface area contributed by atoms with Gasteiger partial charge >= 0.3 is 0 Å². The average Bonchev–Trinajstić information content (AvgIpc) is 3.02. The van der Waals surface area contributed by atoms with E-state index in [2.05, 4.69) is 21.8 Å². The van der Waals surface area contributed by atoms with Gasteiger partial charge in [0.15, 0.2) is 5.03 Å². The van der Waals surface area contributed by atoms with Crippen LogP contribution in [0, 0.1) is 6.92 Å². The van der Waals surface area contributed by atoms with Crippen LogP contribution in [-0.4, -0.2) is 18.0 Å². The predicted octanol–water partition coefficient (Wildman–Crippen LogP) is 3.77. The summed E-state index contributed by atoms with van der Waals surface area (Å²) in [5, 5.41) is 0.0616. The van der Waals surface area contributed by atoms with Gasteiger partial charge in [-0.15, -0.1) is 0 Å². The Kier molecular flexibility index (Phi) is 6.08. The van der Waals surface area contributed by atoms with Crippen LogP contribution in [0.25, 0.3) is 0 Å². The van der Waals surface area contributed by atoms with Crippen molar-refractivity contribution in [2.75, 3.05) is 0 Å². The van der Waals surface area contributed by atoms with Gasteiger partial charge in [-0.2, -0.15) is 0 Å². The first-order chi connectivity index (χ1) is 13.0. The van der Waals surface area contributed by atoms with Crippen LogP contribution in [0.2, 0.25) is 0 Å². The fourth-order valence-corrected chi connectivity index (χ4v) is 4.34. The summed E-state index contributed by atoms with van der Waals surface area (Å²) in [6.07, 6.45) is 4.05. The molecule has 1 heterocycles. The van der Waals surface area contributed by atoms with E-state index < -0.39 is 10.0 Å². The Bertz CT molecular complexity index is 948. The van der Waals surface area contributed by atoms with Gasteiger partial charge in [-0.1, -0.05) is 60.7 Å². The quantitative estimate of drug-likeness (QED) is 0.644. The number of hydrogen-bond donors (Lipinski definition) is 1. The maximum atomic E-state index is 12.8. The molecule has 5 nitrogen and oxygen atoms in total. The predicted molar refractivity (Wildman–Crippen MR) is 107 cm³/mol. The molecule has 1 atom stereocenters. The second-order valence-electron chi connectivity index (χ2n) is 6.70. The fraction of sp³-hybridized carbons (Fsp3) is 0.286. The van der Waals surface area contributed by atoms with Gasteiger partial charge in [0.1, 0.15) is 5.82 Å². The molecule has 0 spiro atoms. The minimum absolute atomic E-state index is 0.0616. The lowest BCUT2D eigenvalue weighted by Gasteiger charge is -2.18. The Morgan fingerprint density at radius 1 is 1.04 bits per heavy atom. The summed E-state index contributed by atoms with van der Waals surface area (Å²) in [5.41, 5.74) is 2.22. The minimum Gasteiger partial charge on any atom is -0.337 e. The zero-order valence-electron chi connectivity index (χ0n) is 15.7. The molecule has 0 radical (unpaired) electrons. The maximum Gasteiger partial charge on any atom is 0.260 e. The van der Waals surface area contributed by atoms with E-state index in [0.717, 1.165) is 18.4 Å². The van der Waals surface area contributed by atoms with Gasteiger partial charge in [0, 0.05) is 19.3 Å². The van der Waals surface area contributed by atoms with Gasteiger partial charge in [-0.3, -0.25) is 0 Å². The number of aryl methyl sites for hydroxylation is 3. The molecule has 0 saturated heterocycles. The number of hydrogen-bond acceptors (Lipinski definition) is 3. The second kappa shape index (κ2) is 8.50. The molecule has 1 unspecified atom stereocenters. The molecule has 27 heavy (non-hydrogen) atoms. The van der Waals surface area contributed by atoms with Crippen LogP contribution in [0.1, 0.15) is 35.8 Å². The van der Waals surface area contributed by atoms with Crippen LogP contribution in [0.5, 0.6) is 0 Å². The zero-order valence-corrected chi connectivity index (χ0v) is 16.5. The van der Waals surface area contributed by atoms with Gasteiger partial charge in [-0.25, -0.2) is 18.1 Å². The first-order valence-electron chi connectivity index (χ1n) is 9.07. The van der Waals surface area contributed by atoms with Crippen molar-refractivity contribution in [3.63, 3.8) is 0 Å². The van der Waals surface area contributed by atoms with Gasteiger partial charge in [0.25, 0.3) is 10.0 Å². The summed E-state index contributed by atoms with van der Waals surface area (Å²) in [6, 6.07) is 19.7. The molecule has 142 valence electrons. The Hall–Kier alpha value is -2.44. The molecule has 0 aliphatic rings. The van der Waals surface area contributed by atoms with Gasteiger partial charge in [0.2, 0.25) is 0 Å². The van der Waals surface area contributed by atoms with Crippen LogP contribution >= 0.6 is 0 Å². The Balaban J connectivity index is 1.76. The van der Waals surface area contributed by atoms with Crippen LogP contribution in [0.3, 0.4) is 0 Å². The van der Waals surface area contributed by atoms with Crippen molar-refractivity contribution < 1.29 is 8.42 Å². The van der Waals surface area contributed by atoms with E-state index in [0.29, 0.717) is 12.2 Å². The first kappa shape index (κ1) is 19.3. The molecule has 0 aliphatic heterocycles. The van der Waals surface area contributed by atoms with Gasteiger partial charge in [0.05, 0.1) is 0 Å². The second-order valence-corrected chi connectivity index (χ2v) is 8.36. The molecule has 0 aliphatic carbocycles. The highest BCUT2D eigenvalue weighted by atomic mass is 32.2. The normalized spacial score (nSPS) is 12.8. The van der Waals surface area contributed by atoms with Gasteiger partial charge < -0.3 is 4.57 Å². The van der Waals surface area contributed by atoms with E-state index >= 15 is 0 Å². The van der Waals surface area contributed by atoms with E-state index in [9.17, 15) is 8.42 Å². The number of sulfonamides is 1. The Morgan fingerprint density at radius 2 is 1.67 bits per heavy atom. The highest BCUT2D eigenvalue weighted by Crippen LogP contribution is 2.22. The lowest BCUT2D eigenvalue weighted by Crippen LogP contribution is -2.29. The van der Waals surface area contributed by atoms with Gasteiger partial charge in [-0.05, 0) is 37.3 Å². The van der Waals surface area contributed by atoms with Crippen molar-refractivity contribution in [3.05, 3.63) is 83.8 Å². The molecular formula is C21H25N3O2S. The Labute approximate surface area is 161 Å². The highest BCUT2D eigenvalue weighted by molar-refractivity contribution is 7.89. The van der Waals surface area contributed by atoms with Crippen molar-refractivity contribution in [1.29, 1.82) is 0 Å². The average molecular weight is 384 g/mol. The van der Waals surface area contributed by atoms with Crippen LogP contribution in [0.4, 0.5) is 0 Å². The number of imidazole rings is 1. The monoisotopic (exact) mass is 383 g/mol. The van der Waals surface area contributed by atoms with Crippen molar-refractivity contribution in [2.45, 2.75) is 37.3 Å². The molecular weight excluding hydrogens is 358 g/mol. The number of rotatable bonds is 8. The molecule has 0 bridgehead atoms. The molecule has 0 amide bonds. The van der Waals surface area contributed by atoms with Crippen molar-refractivity contribution in [1.82, 2.24) is 14.3 Å². The maximum absolute atomic E-state index is 12.8. The summed E-state index contributed by atoms with van der Waals surface area (Å²) in [4.78, 5) is 4.17. The number of benzene rings is 2. The third-order valence-corrected chi connectivity index (χ3v) is 6.00. The smallest absolute Gasteiger partial charge is 0.260 e. The molecule has 1 aromatic heterocycles. The topological polar surface area (TPSA) is 64.0 Å². The lowest BCUT2D eigenvalue weighted by molar-refractivity contribution is 0.526. The zero-order chi connectivity index (χ0) is 19.3. The molecule has 1 N–H and O–H groups in total. The molecule has 6 heteroatoms. The molecule has 2 aromatic carbocycles. The molecule has 3 aromatic rings. The molecule has 0 saturated carbocycles. The lowest BCUT2D eigenvalue weighted by atomic mass is 10.00. The summed E-state index contributed by atoms with van der Waals surface area (Å²) in [7, 11) is -1.90. The summed E-state index contributed by atoms with van der Waals surface area (Å²) < 4.78 is 30.2. The van der Waals surface area contributed by atoms with Crippen LogP contribution < -0.4 is 4.72 Å². The van der Waals surface area contributed by atoms with E-state index in [1.54, 1.807) is 24.7 Å². The Morgan fingerprint density at radius 3 is 2.26 bits per heavy atom. The number of nitrogens with one attached hydrogen (secondary N) is 1. The van der Waals surface area contributed by atoms with E-state index in [1.165, 1.54) is 5.56 Å². The van der Waals surface area contributed by atoms with Crippen molar-refractivity contribution in [3.8, 4) is 0 Å².